The molecule has 0 heterocycles. The van der Waals surface area contributed by atoms with Crippen LogP contribution in [0, 0.1) is 6.92 Å². The Balaban J connectivity index is 3.04. The predicted octanol–water partition coefficient (Wildman–Crippen LogP) is 1.55. The Morgan fingerprint density at radius 1 is 1.42 bits per heavy atom. The molecule has 0 aliphatic rings. The van der Waals surface area contributed by atoms with Gasteiger partial charge in [0, 0.05) is 18.5 Å². The second kappa shape index (κ2) is 4.02. The molecule has 0 bridgehead atoms. The largest absolute Gasteiger partial charge is 0.326 e. The Hall–Kier alpha value is -1.15. The van der Waals surface area contributed by atoms with Crippen molar-refractivity contribution in [3.8, 4) is 0 Å². The first-order valence-corrected chi connectivity index (χ1v) is 3.90. The molecule has 1 aromatic rings. The molecule has 0 saturated heterocycles. The van der Waals surface area contributed by atoms with E-state index in [1.165, 1.54) is 0 Å². The van der Waals surface area contributed by atoms with E-state index in [1.807, 2.05) is 18.2 Å². The summed E-state index contributed by atoms with van der Waals surface area (Å²) in [7, 11) is 0. The van der Waals surface area contributed by atoms with Gasteiger partial charge in [-0.2, -0.15) is 0 Å². The zero-order chi connectivity index (χ0) is 8.97. The fourth-order valence-electron chi connectivity index (χ4n) is 1.10. The van der Waals surface area contributed by atoms with Crippen molar-refractivity contribution >= 4 is 5.78 Å². The summed E-state index contributed by atoms with van der Waals surface area (Å²) in [5, 5.41) is 0. The maximum absolute atomic E-state index is 11.3. The Bertz CT molecular complexity index is 281. The standard InChI is InChI=1S/C10H12NO/c1-2-10(12)9-6-4-3-5-8(9)7-11/h3-6H,1-2,7,11H2. The summed E-state index contributed by atoms with van der Waals surface area (Å²) in [4.78, 5) is 11.3. The minimum Gasteiger partial charge on any atom is -0.326 e. The van der Waals surface area contributed by atoms with E-state index in [9.17, 15) is 4.79 Å². The Kier molecular flexibility index (Phi) is 3.00. The van der Waals surface area contributed by atoms with Gasteiger partial charge in [0.25, 0.3) is 0 Å². The first-order valence-electron chi connectivity index (χ1n) is 3.90. The van der Waals surface area contributed by atoms with Gasteiger partial charge < -0.3 is 5.73 Å². The van der Waals surface area contributed by atoms with Crippen LogP contribution in [0.15, 0.2) is 24.3 Å². The minimum absolute atomic E-state index is 0.0519. The number of Topliss-reactive ketones (excluding diaryl/α,β-unsaturated/α-hetero) is 1. The zero-order valence-corrected chi connectivity index (χ0v) is 6.92. The summed E-state index contributed by atoms with van der Waals surface area (Å²) in [5.41, 5.74) is 7.07. The smallest absolute Gasteiger partial charge is 0.163 e. The van der Waals surface area contributed by atoms with Crippen molar-refractivity contribution in [2.24, 2.45) is 5.73 Å². The van der Waals surface area contributed by atoms with Crippen LogP contribution in [0.4, 0.5) is 0 Å². The molecular weight excluding hydrogens is 150 g/mol. The molecule has 0 unspecified atom stereocenters. The molecule has 1 aromatic carbocycles. The van der Waals surface area contributed by atoms with Gasteiger partial charge in [0.15, 0.2) is 5.78 Å². The second-order valence-electron chi connectivity index (χ2n) is 2.53. The lowest BCUT2D eigenvalue weighted by Crippen LogP contribution is -2.06. The highest BCUT2D eigenvalue weighted by atomic mass is 16.1. The summed E-state index contributed by atoms with van der Waals surface area (Å²) in [6, 6.07) is 7.36. The molecule has 2 N–H and O–H groups in total. The maximum Gasteiger partial charge on any atom is 0.163 e. The highest BCUT2D eigenvalue weighted by molar-refractivity contribution is 5.97. The predicted molar refractivity (Wildman–Crippen MR) is 48.6 cm³/mol. The average molecular weight is 162 g/mol. The lowest BCUT2D eigenvalue weighted by atomic mass is 10.0. The van der Waals surface area contributed by atoms with Crippen LogP contribution < -0.4 is 5.73 Å². The number of hydrogen-bond donors (Lipinski definition) is 1. The lowest BCUT2D eigenvalue weighted by Gasteiger charge is -2.03. The summed E-state index contributed by atoms with van der Waals surface area (Å²) >= 11 is 0. The number of benzene rings is 1. The van der Waals surface area contributed by atoms with Gasteiger partial charge in [0.05, 0.1) is 0 Å². The second-order valence-corrected chi connectivity index (χ2v) is 2.53. The average Bonchev–Trinajstić information content (AvgIpc) is 2.16. The van der Waals surface area contributed by atoms with Crippen LogP contribution in [0.3, 0.4) is 0 Å². The van der Waals surface area contributed by atoms with E-state index < -0.39 is 0 Å². The first kappa shape index (κ1) is 8.94. The van der Waals surface area contributed by atoms with Crippen molar-refractivity contribution in [2.45, 2.75) is 13.0 Å². The Labute approximate surface area is 72.4 Å². The Morgan fingerprint density at radius 3 is 2.67 bits per heavy atom. The molecule has 12 heavy (non-hydrogen) atoms. The summed E-state index contributed by atoms with van der Waals surface area (Å²) in [5.74, 6) is 0.0519. The molecule has 2 nitrogen and oxygen atoms in total. The molecule has 1 radical (unpaired) electrons. The first-order chi connectivity index (χ1) is 5.79. The normalized spacial score (nSPS) is 9.83. The molecule has 0 spiro atoms. The third-order valence-electron chi connectivity index (χ3n) is 1.76. The number of ketones is 1. The maximum atomic E-state index is 11.3. The molecular formula is C10H12NO. The quantitative estimate of drug-likeness (QED) is 0.685. The molecule has 0 amide bonds. The zero-order valence-electron chi connectivity index (χ0n) is 6.92. The molecule has 0 aliphatic heterocycles. The van der Waals surface area contributed by atoms with E-state index in [-0.39, 0.29) is 12.2 Å². The topological polar surface area (TPSA) is 43.1 Å². The van der Waals surface area contributed by atoms with Crippen molar-refractivity contribution in [1.82, 2.24) is 0 Å². The van der Waals surface area contributed by atoms with Gasteiger partial charge in [0.2, 0.25) is 0 Å². The van der Waals surface area contributed by atoms with Gasteiger partial charge in [-0.3, -0.25) is 4.79 Å². The number of carbonyl (C=O) groups excluding carboxylic acids is 1. The van der Waals surface area contributed by atoms with Gasteiger partial charge in [-0.25, -0.2) is 0 Å². The van der Waals surface area contributed by atoms with Crippen LogP contribution in [0.25, 0.3) is 0 Å². The van der Waals surface area contributed by atoms with Crippen molar-refractivity contribution < 1.29 is 4.79 Å². The van der Waals surface area contributed by atoms with Gasteiger partial charge in [-0.05, 0) is 12.5 Å². The van der Waals surface area contributed by atoms with Crippen LogP contribution in [0.1, 0.15) is 22.3 Å². The summed E-state index contributed by atoms with van der Waals surface area (Å²) in [6.45, 7) is 3.95. The fourth-order valence-corrected chi connectivity index (χ4v) is 1.10. The van der Waals surface area contributed by atoms with Crippen molar-refractivity contribution in [3.05, 3.63) is 42.3 Å². The number of carbonyl (C=O) groups is 1. The molecule has 63 valence electrons. The van der Waals surface area contributed by atoms with E-state index in [2.05, 4.69) is 6.92 Å². The third kappa shape index (κ3) is 1.71. The molecule has 0 saturated carbocycles. The third-order valence-corrected chi connectivity index (χ3v) is 1.76. The number of rotatable bonds is 3. The molecule has 0 aliphatic carbocycles. The summed E-state index contributed by atoms with van der Waals surface area (Å²) < 4.78 is 0. The highest BCUT2D eigenvalue weighted by Gasteiger charge is 2.06. The van der Waals surface area contributed by atoms with E-state index in [0.29, 0.717) is 12.1 Å². The highest BCUT2D eigenvalue weighted by Crippen LogP contribution is 2.09. The van der Waals surface area contributed by atoms with Gasteiger partial charge in [-0.15, -0.1) is 0 Å². The molecule has 2 heteroatoms. The van der Waals surface area contributed by atoms with Gasteiger partial charge in [0.1, 0.15) is 0 Å². The van der Waals surface area contributed by atoms with Crippen molar-refractivity contribution in [1.29, 1.82) is 0 Å². The summed E-state index contributed by atoms with van der Waals surface area (Å²) in [6.07, 6.45) is 0.289. The van der Waals surface area contributed by atoms with E-state index in [1.54, 1.807) is 6.07 Å². The van der Waals surface area contributed by atoms with E-state index >= 15 is 0 Å². The molecule has 0 atom stereocenters. The fraction of sp³-hybridized carbons (Fsp3) is 0.200. The van der Waals surface area contributed by atoms with Crippen LogP contribution in [-0.2, 0) is 6.54 Å². The van der Waals surface area contributed by atoms with E-state index in [4.69, 9.17) is 5.73 Å². The molecule has 1 rings (SSSR count). The van der Waals surface area contributed by atoms with Crippen LogP contribution in [-0.4, -0.2) is 5.78 Å². The number of hydrogen-bond acceptors (Lipinski definition) is 2. The molecule has 0 fully saturated rings. The van der Waals surface area contributed by atoms with Gasteiger partial charge >= 0.3 is 0 Å². The van der Waals surface area contributed by atoms with Gasteiger partial charge in [-0.1, -0.05) is 24.3 Å². The van der Waals surface area contributed by atoms with Crippen molar-refractivity contribution in [2.75, 3.05) is 0 Å². The van der Waals surface area contributed by atoms with Crippen LogP contribution in [0.5, 0.6) is 0 Å². The monoisotopic (exact) mass is 162 g/mol. The SMILES string of the molecule is [CH2]CC(=O)c1ccccc1CN. The van der Waals surface area contributed by atoms with Crippen LogP contribution in [0.2, 0.25) is 0 Å². The van der Waals surface area contributed by atoms with Crippen molar-refractivity contribution in [3.63, 3.8) is 0 Å². The molecule has 0 aromatic heterocycles. The van der Waals surface area contributed by atoms with Crippen LogP contribution >= 0.6 is 0 Å². The number of nitrogens with two attached hydrogens (primary N) is 1. The Morgan fingerprint density at radius 2 is 2.08 bits per heavy atom. The van der Waals surface area contributed by atoms with E-state index in [0.717, 1.165) is 5.56 Å². The minimum atomic E-state index is 0.0519. The lowest BCUT2D eigenvalue weighted by molar-refractivity contribution is 0.0994.